The predicted octanol–water partition coefficient (Wildman–Crippen LogP) is 9.15. The van der Waals surface area contributed by atoms with Crippen molar-refractivity contribution in [3.8, 4) is 33.4 Å². The first kappa shape index (κ1) is 26.0. The monoisotopic (exact) mass is 568 g/mol. The van der Waals surface area contributed by atoms with E-state index in [4.69, 9.17) is 9.31 Å². The highest BCUT2D eigenvalue weighted by molar-refractivity contribution is 6.62. The molecule has 1 spiro atoms. The number of hydrogen-bond donors (Lipinski definition) is 0. The number of benzene rings is 6. The van der Waals surface area contributed by atoms with Crippen LogP contribution in [0.1, 0.15) is 49.9 Å². The second-order valence-corrected chi connectivity index (χ2v) is 13.5. The molecule has 6 aromatic rings. The van der Waals surface area contributed by atoms with E-state index in [1.54, 1.807) is 0 Å². The summed E-state index contributed by atoms with van der Waals surface area (Å²) >= 11 is 0. The number of hydrogen-bond acceptors (Lipinski definition) is 2. The van der Waals surface area contributed by atoms with E-state index >= 15 is 0 Å². The molecule has 2 aliphatic carbocycles. The lowest BCUT2D eigenvalue weighted by Gasteiger charge is -2.35. The lowest BCUT2D eigenvalue weighted by atomic mass is 9.65. The van der Waals surface area contributed by atoms with Crippen LogP contribution >= 0.6 is 0 Å². The lowest BCUT2D eigenvalue weighted by molar-refractivity contribution is 0.00578. The highest BCUT2D eigenvalue weighted by Crippen LogP contribution is 2.62. The maximum absolute atomic E-state index is 6.58. The molecule has 3 heteroatoms. The maximum Gasteiger partial charge on any atom is 0.494 e. The van der Waals surface area contributed by atoms with E-state index in [1.807, 2.05) is 0 Å². The molecule has 0 radical (unpaired) electrons. The summed E-state index contributed by atoms with van der Waals surface area (Å²) in [6, 6.07) is 47.4. The van der Waals surface area contributed by atoms with Crippen LogP contribution in [0, 0.1) is 0 Å². The molecule has 0 N–H and O–H groups in total. The number of fused-ring (bicyclic) bond motifs is 14. The highest BCUT2D eigenvalue weighted by atomic mass is 16.7. The Bertz CT molecular complexity index is 2140. The molecule has 1 heterocycles. The van der Waals surface area contributed by atoms with Crippen molar-refractivity contribution in [1.82, 2.24) is 0 Å². The van der Waals surface area contributed by atoms with Gasteiger partial charge in [0.15, 0.2) is 0 Å². The Morgan fingerprint density at radius 3 is 1.70 bits per heavy atom. The molecule has 0 saturated carbocycles. The molecule has 3 aliphatic rings. The van der Waals surface area contributed by atoms with Crippen LogP contribution in [-0.4, -0.2) is 18.3 Å². The van der Waals surface area contributed by atoms with Gasteiger partial charge in [-0.05, 0) is 99.6 Å². The fourth-order valence-electron chi connectivity index (χ4n) is 8.01. The third kappa shape index (κ3) is 3.24. The molecule has 1 unspecified atom stereocenters. The predicted molar refractivity (Wildman–Crippen MR) is 181 cm³/mol. The summed E-state index contributed by atoms with van der Waals surface area (Å²) in [7, 11) is -0.439. The molecule has 1 fully saturated rings. The summed E-state index contributed by atoms with van der Waals surface area (Å²) in [6.45, 7) is 8.48. The van der Waals surface area contributed by atoms with E-state index in [2.05, 4.69) is 155 Å². The van der Waals surface area contributed by atoms with E-state index < -0.39 is 23.7 Å². The number of rotatable bonds is 1. The molecule has 0 aromatic heterocycles. The molecule has 1 atom stereocenters. The van der Waals surface area contributed by atoms with Crippen molar-refractivity contribution in [2.75, 3.05) is 0 Å². The normalized spacial score (nSPS) is 20.0. The molecular formula is C41H33BO2. The molecule has 2 nitrogen and oxygen atoms in total. The zero-order chi connectivity index (χ0) is 29.8. The molecular weight excluding hydrogens is 535 g/mol. The van der Waals surface area contributed by atoms with Crippen molar-refractivity contribution in [1.29, 1.82) is 0 Å². The Labute approximate surface area is 259 Å². The quantitative estimate of drug-likeness (QED) is 0.184. The Kier molecular flexibility index (Phi) is 5.21. The Morgan fingerprint density at radius 1 is 0.455 bits per heavy atom. The van der Waals surface area contributed by atoms with Gasteiger partial charge in [-0.25, -0.2) is 0 Å². The van der Waals surface area contributed by atoms with Gasteiger partial charge in [0.05, 0.1) is 16.6 Å². The second kappa shape index (κ2) is 8.82. The Morgan fingerprint density at radius 2 is 0.977 bits per heavy atom. The van der Waals surface area contributed by atoms with E-state index in [-0.39, 0.29) is 0 Å². The maximum atomic E-state index is 6.58. The molecule has 44 heavy (non-hydrogen) atoms. The van der Waals surface area contributed by atoms with Gasteiger partial charge in [0.1, 0.15) is 0 Å². The summed E-state index contributed by atoms with van der Waals surface area (Å²) in [5, 5.41) is 2.56. The van der Waals surface area contributed by atoms with Crippen LogP contribution in [0.4, 0.5) is 0 Å². The highest BCUT2D eigenvalue weighted by Gasteiger charge is 2.53. The standard InChI is InChI=1S/C41H33BO2/c1-39(2)40(3,4)44-42(43-39)27-22-24-36-33(25-27)30-16-8-7-15-29(30)31-17-9-11-19-34(31)41(36)35-20-12-10-18-32(35)38-28-14-6-5-13-26(28)21-23-37(38)41/h5-25H,1-4H3. The van der Waals surface area contributed by atoms with E-state index in [0.29, 0.717) is 0 Å². The van der Waals surface area contributed by atoms with Gasteiger partial charge in [0.2, 0.25) is 0 Å². The van der Waals surface area contributed by atoms with Gasteiger partial charge in [-0.1, -0.05) is 127 Å². The average Bonchev–Trinajstić information content (AvgIpc) is 3.43. The zero-order valence-corrected chi connectivity index (χ0v) is 25.5. The summed E-state index contributed by atoms with van der Waals surface area (Å²) in [4.78, 5) is 0. The third-order valence-corrected chi connectivity index (χ3v) is 10.7. The molecule has 1 aliphatic heterocycles. The van der Waals surface area contributed by atoms with Crippen LogP contribution in [-0.2, 0) is 14.7 Å². The van der Waals surface area contributed by atoms with Crippen molar-refractivity contribution in [2.45, 2.75) is 44.3 Å². The van der Waals surface area contributed by atoms with Crippen LogP contribution in [0.2, 0.25) is 0 Å². The largest absolute Gasteiger partial charge is 0.494 e. The topological polar surface area (TPSA) is 18.5 Å². The van der Waals surface area contributed by atoms with E-state index in [0.717, 1.165) is 5.46 Å². The molecule has 212 valence electrons. The fourth-order valence-corrected chi connectivity index (χ4v) is 8.01. The van der Waals surface area contributed by atoms with Gasteiger partial charge in [-0.2, -0.15) is 0 Å². The van der Waals surface area contributed by atoms with Crippen LogP contribution in [0.25, 0.3) is 44.2 Å². The van der Waals surface area contributed by atoms with Gasteiger partial charge >= 0.3 is 7.12 Å². The minimum Gasteiger partial charge on any atom is -0.399 e. The van der Waals surface area contributed by atoms with Crippen LogP contribution < -0.4 is 5.46 Å². The third-order valence-electron chi connectivity index (χ3n) is 10.7. The van der Waals surface area contributed by atoms with Crippen LogP contribution in [0.15, 0.2) is 127 Å². The first-order valence-electron chi connectivity index (χ1n) is 15.6. The lowest BCUT2D eigenvalue weighted by Crippen LogP contribution is -2.41. The van der Waals surface area contributed by atoms with Crippen LogP contribution in [0.3, 0.4) is 0 Å². The van der Waals surface area contributed by atoms with Gasteiger partial charge in [0, 0.05) is 0 Å². The Balaban J connectivity index is 1.43. The average molecular weight is 569 g/mol. The van der Waals surface area contributed by atoms with Crippen molar-refractivity contribution in [3.05, 3.63) is 150 Å². The van der Waals surface area contributed by atoms with Crippen molar-refractivity contribution < 1.29 is 9.31 Å². The van der Waals surface area contributed by atoms with Crippen LogP contribution in [0.5, 0.6) is 0 Å². The van der Waals surface area contributed by atoms with Crippen molar-refractivity contribution in [3.63, 3.8) is 0 Å². The first-order chi connectivity index (χ1) is 21.3. The fraction of sp³-hybridized carbons (Fsp3) is 0.171. The first-order valence-corrected chi connectivity index (χ1v) is 15.6. The van der Waals surface area contributed by atoms with Crippen molar-refractivity contribution in [2.24, 2.45) is 0 Å². The SMILES string of the molecule is CC1(C)OB(c2ccc3c(c2)-c2ccccc2-c2ccccc2C32c3ccccc3-c3c2ccc2ccccc32)OC1(C)C. The summed E-state index contributed by atoms with van der Waals surface area (Å²) < 4.78 is 13.2. The summed E-state index contributed by atoms with van der Waals surface area (Å²) in [5.41, 5.74) is 12.6. The molecule has 9 rings (SSSR count). The van der Waals surface area contributed by atoms with E-state index in [1.165, 1.54) is 66.4 Å². The summed E-state index contributed by atoms with van der Waals surface area (Å²) in [6.07, 6.45) is 0. The molecule has 6 aromatic carbocycles. The minimum absolute atomic E-state index is 0.412. The van der Waals surface area contributed by atoms with Gasteiger partial charge in [0.25, 0.3) is 0 Å². The minimum atomic E-state index is -0.505. The zero-order valence-electron chi connectivity index (χ0n) is 25.5. The van der Waals surface area contributed by atoms with Crippen molar-refractivity contribution >= 4 is 23.4 Å². The van der Waals surface area contributed by atoms with Gasteiger partial charge in [-0.15, -0.1) is 0 Å². The van der Waals surface area contributed by atoms with E-state index in [9.17, 15) is 0 Å². The second-order valence-electron chi connectivity index (χ2n) is 13.5. The smallest absolute Gasteiger partial charge is 0.399 e. The Hall–Kier alpha value is -4.44. The van der Waals surface area contributed by atoms with Gasteiger partial charge < -0.3 is 9.31 Å². The molecule has 1 saturated heterocycles. The summed E-state index contributed by atoms with van der Waals surface area (Å²) in [5.74, 6) is 0. The van der Waals surface area contributed by atoms with Gasteiger partial charge in [-0.3, -0.25) is 0 Å². The molecule has 0 amide bonds. The molecule has 0 bridgehead atoms.